The number of nitrogens with zero attached hydrogens (tertiary/aromatic N) is 1. The minimum Gasteiger partial charge on any atom is -0.340 e. The number of carbonyl (C=O) groups is 1. The van der Waals surface area contributed by atoms with Crippen LogP contribution in [0.25, 0.3) is 0 Å². The van der Waals surface area contributed by atoms with Crippen molar-refractivity contribution in [2.45, 2.75) is 76.4 Å². The first-order valence-corrected chi connectivity index (χ1v) is 7.81. The van der Waals surface area contributed by atoms with Crippen molar-refractivity contribution in [3.63, 3.8) is 0 Å². The third-order valence-corrected chi connectivity index (χ3v) is 5.20. The third-order valence-electron chi connectivity index (χ3n) is 5.20. The van der Waals surface area contributed by atoms with Crippen LogP contribution in [-0.4, -0.2) is 35.5 Å². The summed E-state index contributed by atoms with van der Waals surface area (Å²) in [4.78, 5) is 14.6. The van der Waals surface area contributed by atoms with E-state index in [4.69, 9.17) is 0 Å². The summed E-state index contributed by atoms with van der Waals surface area (Å²) < 4.78 is 0. The first kappa shape index (κ1) is 12.5. The molecule has 102 valence electrons. The molecule has 2 bridgehead atoms. The highest BCUT2D eigenvalue weighted by Gasteiger charge is 2.36. The summed E-state index contributed by atoms with van der Waals surface area (Å²) in [5.74, 6) is 1.08. The van der Waals surface area contributed by atoms with Crippen LogP contribution in [0, 0.1) is 5.92 Å². The van der Waals surface area contributed by atoms with E-state index in [0.717, 1.165) is 19.4 Å². The van der Waals surface area contributed by atoms with Crippen LogP contribution in [0.4, 0.5) is 0 Å². The fraction of sp³-hybridized carbons (Fsp3) is 0.933. The van der Waals surface area contributed by atoms with Crippen LogP contribution in [0.1, 0.15) is 58.3 Å². The Labute approximate surface area is 110 Å². The first-order chi connectivity index (χ1) is 8.76. The monoisotopic (exact) mass is 250 g/mol. The van der Waals surface area contributed by atoms with Gasteiger partial charge >= 0.3 is 0 Å². The van der Waals surface area contributed by atoms with E-state index in [0.29, 0.717) is 30.0 Å². The summed E-state index contributed by atoms with van der Waals surface area (Å²) in [6, 6.07) is 1.96. The van der Waals surface area contributed by atoms with Gasteiger partial charge in [0.2, 0.25) is 5.91 Å². The second kappa shape index (κ2) is 5.20. The van der Waals surface area contributed by atoms with E-state index >= 15 is 0 Å². The van der Waals surface area contributed by atoms with Crippen LogP contribution >= 0.6 is 0 Å². The number of hydrogen-bond donors (Lipinski definition) is 1. The van der Waals surface area contributed by atoms with Crippen molar-refractivity contribution in [3.8, 4) is 0 Å². The van der Waals surface area contributed by atoms with Crippen molar-refractivity contribution in [2.24, 2.45) is 5.92 Å². The summed E-state index contributed by atoms with van der Waals surface area (Å²) in [7, 11) is 0. The molecule has 0 aromatic heterocycles. The second-order valence-corrected chi connectivity index (χ2v) is 6.47. The number of fused-ring (bicyclic) bond motifs is 2. The summed E-state index contributed by atoms with van der Waals surface area (Å²) >= 11 is 0. The number of carbonyl (C=O) groups excluding carboxylic acids is 1. The summed E-state index contributed by atoms with van der Waals surface area (Å²) in [6.07, 6.45) is 9.49. The van der Waals surface area contributed by atoms with Crippen LogP contribution in [0.2, 0.25) is 0 Å². The van der Waals surface area contributed by atoms with Gasteiger partial charge in [-0.05, 0) is 50.9 Å². The number of amides is 1. The Hall–Kier alpha value is -0.570. The normalized spacial score (nSPS) is 39.3. The summed E-state index contributed by atoms with van der Waals surface area (Å²) in [5, 5.41) is 3.66. The highest BCUT2D eigenvalue weighted by atomic mass is 16.2. The molecule has 3 unspecified atom stereocenters. The van der Waals surface area contributed by atoms with E-state index in [9.17, 15) is 4.79 Å². The van der Waals surface area contributed by atoms with E-state index in [1.165, 1.54) is 38.5 Å². The minimum absolute atomic E-state index is 0.436. The van der Waals surface area contributed by atoms with Gasteiger partial charge < -0.3 is 10.2 Å². The van der Waals surface area contributed by atoms with Gasteiger partial charge in [0.1, 0.15) is 0 Å². The first-order valence-electron chi connectivity index (χ1n) is 7.81. The van der Waals surface area contributed by atoms with Gasteiger partial charge in [0, 0.05) is 31.1 Å². The van der Waals surface area contributed by atoms with Gasteiger partial charge in [0.25, 0.3) is 0 Å². The Balaban J connectivity index is 1.54. The quantitative estimate of drug-likeness (QED) is 0.833. The molecule has 1 N–H and O–H groups in total. The highest BCUT2D eigenvalue weighted by Crippen LogP contribution is 2.33. The molecule has 3 heteroatoms. The maximum Gasteiger partial charge on any atom is 0.223 e. The van der Waals surface area contributed by atoms with E-state index in [-0.39, 0.29) is 0 Å². The van der Waals surface area contributed by atoms with Crippen LogP contribution in [0.3, 0.4) is 0 Å². The molecule has 1 amide bonds. The van der Waals surface area contributed by atoms with Crippen molar-refractivity contribution in [1.29, 1.82) is 0 Å². The zero-order valence-electron chi connectivity index (χ0n) is 11.5. The van der Waals surface area contributed by atoms with Gasteiger partial charge in [-0.25, -0.2) is 0 Å². The van der Waals surface area contributed by atoms with E-state index in [1.54, 1.807) is 0 Å². The van der Waals surface area contributed by atoms with E-state index < -0.39 is 0 Å². The van der Waals surface area contributed by atoms with Crippen molar-refractivity contribution < 1.29 is 4.79 Å². The zero-order valence-corrected chi connectivity index (χ0v) is 11.5. The zero-order chi connectivity index (χ0) is 12.5. The average molecular weight is 250 g/mol. The van der Waals surface area contributed by atoms with Crippen LogP contribution in [0.5, 0.6) is 0 Å². The number of rotatable bonds is 3. The molecule has 3 nitrogen and oxygen atoms in total. The van der Waals surface area contributed by atoms with Gasteiger partial charge in [0.15, 0.2) is 0 Å². The molecule has 0 aromatic rings. The lowest BCUT2D eigenvalue weighted by molar-refractivity contribution is -0.133. The van der Waals surface area contributed by atoms with Gasteiger partial charge in [-0.15, -0.1) is 0 Å². The fourth-order valence-corrected chi connectivity index (χ4v) is 4.29. The highest BCUT2D eigenvalue weighted by molar-refractivity contribution is 5.77. The predicted molar refractivity (Wildman–Crippen MR) is 72.3 cm³/mol. The van der Waals surface area contributed by atoms with E-state index in [1.807, 2.05) is 0 Å². The maximum absolute atomic E-state index is 12.4. The Morgan fingerprint density at radius 3 is 2.61 bits per heavy atom. The molecule has 0 spiro atoms. The number of nitrogens with one attached hydrogen (secondary N) is 1. The molecule has 0 aliphatic carbocycles. The smallest absolute Gasteiger partial charge is 0.223 e. The molecular weight excluding hydrogens is 224 g/mol. The fourth-order valence-electron chi connectivity index (χ4n) is 4.29. The van der Waals surface area contributed by atoms with E-state index in [2.05, 4.69) is 17.1 Å². The van der Waals surface area contributed by atoms with Gasteiger partial charge in [-0.3, -0.25) is 4.79 Å². The molecular formula is C15H26N2O. The molecule has 3 aliphatic heterocycles. The number of piperidine rings is 1. The Morgan fingerprint density at radius 2 is 1.94 bits per heavy atom. The van der Waals surface area contributed by atoms with Gasteiger partial charge in [0.05, 0.1) is 0 Å². The van der Waals surface area contributed by atoms with Crippen molar-refractivity contribution in [3.05, 3.63) is 0 Å². The summed E-state index contributed by atoms with van der Waals surface area (Å²) in [6.45, 7) is 3.22. The van der Waals surface area contributed by atoms with Gasteiger partial charge in [-0.2, -0.15) is 0 Å². The molecule has 3 saturated heterocycles. The van der Waals surface area contributed by atoms with Crippen LogP contribution < -0.4 is 5.32 Å². The minimum atomic E-state index is 0.436. The molecule has 18 heavy (non-hydrogen) atoms. The van der Waals surface area contributed by atoms with Crippen molar-refractivity contribution in [2.75, 3.05) is 6.54 Å². The lowest BCUT2D eigenvalue weighted by Crippen LogP contribution is -2.41. The SMILES string of the molecule is CCC1CCCN1C(=O)CC1CC2CCC(C1)N2. The number of hydrogen-bond acceptors (Lipinski definition) is 2. The Bertz CT molecular complexity index is 306. The number of likely N-dealkylation sites (tertiary alicyclic amines) is 1. The maximum atomic E-state index is 12.4. The molecule has 3 atom stereocenters. The summed E-state index contributed by atoms with van der Waals surface area (Å²) in [5.41, 5.74) is 0. The van der Waals surface area contributed by atoms with Crippen molar-refractivity contribution in [1.82, 2.24) is 10.2 Å². The lowest BCUT2D eigenvalue weighted by Gasteiger charge is -2.31. The van der Waals surface area contributed by atoms with Crippen molar-refractivity contribution >= 4 is 5.91 Å². The van der Waals surface area contributed by atoms with Crippen LogP contribution in [-0.2, 0) is 4.79 Å². The average Bonchev–Trinajstić information content (AvgIpc) is 2.95. The standard InChI is InChI=1S/C15H26N2O/c1-2-14-4-3-7-17(14)15(18)10-11-8-12-5-6-13(9-11)16-12/h11-14,16H,2-10H2,1H3. The second-order valence-electron chi connectivity index (χ2n) is 6.47. The molecule has 3 heterocycles. The predicted octanol–water partition coefficient (Wildman–Crippen LogP) is 2.31. The largest absolute Gasteiger partial charge is 0.340 e. The molecule has 0 aromatic carbocycles. The lowest BCUT2D eigenvalue weighted by atomic mass is 9.89. The molecule has 3 rings (SSSR count). The molecule has 3 aliphatic rings. The molecule has 0 radical (unpaired) electrons. The third kappa shape index (κ3) is 2.42. The topological polar surface area (TPSA) is 32.3 Å². The Kier molecular flexibility index (Phi) is 3.60. The molecule has 3 fully saturated rings. The van der Waals surface area contributed by atoms with Crippen LogP contribution in [0.15, 0.2) is 0 Å². The van der Waals surface area contributed by atoms with Gasteiger partial charge in [-0.1, -0.05) is 6.92 Å². The molecule has 0 saturated carbocycles. The Morgan fingerprint density at radius 1 is 1.22 bits per heavy atom.